The monoisotopic (exact) mass is 498 g/mol. The molecule has 0 unspecified atom stereocenters. The zero-order valence-electron chi connectivity index (χ0n) is 20.2. The topological polar surface area (TPSA) is 126 Å². The number of amides is 1. The number of hydrazone groups is 1. The Balaban J connectivity index is 1.56. The molecule has 0 radical (unpaired) electrons. The maximum Gasteiger partial charge on any atom is 0.259 e. The lowest BCUT2D eigenvalue weighted by molar-refractivity contribution is 0.102. The zero-order chi connectivity index (χ0) is 25.1. The molecular weight excluding hydrogens is 467 g/mol. The minimum Gasteiger partial charge on any atom is -0.348 e. The van der Waals surface area contributed by atoms with Gasteiger partial charge in [0.2, 0.25) is 0 Å². The molecule has 0 spiro atoms. The molecule has 1 amide bonds. The van der Waals surface area contributed by atoms with Crippen LogP contribution in [0.15, 0.2) is 35.4 Å². The molecule has 2 aromatic heterocycles. The van der Waals surface area contributed by atoms with Crippen molar-refractivity contribution in [3.05, 3.63) is 47.4 Å². The number of pyridine rings is 1. The van der Waals surface area contributed by atoms with Crippen molar-refractivity contribution in [2.75, 3.05) is 17.3 Å². The number of benzene rings is 1. The molecule has 35 heavy (non-hydrogen) atoms. The fourth-order valence-corrected chi connectivity index (χ4v) is 5.23. The third-order valence-electron chi connectivity index (χ3n) is 6.28. The van der Waals surface area contributed by atoms with Crippen LogP contribution in [0, 0.1) is 5.82 Å². The van der Waals surface area contributed by atoms with E-state index in [2.05, 4.69) is 25.3 Å². The molecule has 9 nitrogen and oxygen atoms in total. The predicted molar refractivity (Wildman–Crippen MR) is 139 cm³/mol. The number of thiazole rings is 1. The van der Waals surface area contributed by atoms with Crippen molar-refractivity contribution in [2.24, 2.45) is 16.8 Å². The summed E-state index contributed by atoms with van der Waals surface area (Å²) in [6.07, 6.45) is 5.97. The van der Waals surface area contributed by atoms with E-state index in [-0.39, 0.29) is 23.3 Å². The second-order valence-electron chi connectivity index (χ2n) is 9.01. The van der Waals surface area contributed by atoms with Crippen LogP contribution in [0.3, 0.4) is 0 Å². The molecule has 2 heterocycles. The SMILES string of the molecule is CC(C)N(N)/C(=N\N)c1cccc(NC(=O)c2cc3sc(N(C)C4CCCCC4)nc3cc2F)n1. The van der Waals surface area contributed by atoms with Crippen LogP contribution in [-0.2, 0) is 0 Å². The van der Waals surface area contributed by atoms with E-state index in [1.165, 1.54) is 41.7 Å². The standard InChI is InChI=1S/C24H31FN8OS/c1-14(2)33(27)22(31-26)18-10-7-11-21(28-18)30-23(34)16-12-20-19(13-17(16)25)29-24(35-20)32(3)15-8-5-4-6-9-15/h7,10-15H,4-6,8-9,26-27H2,1-3H3,(H,28,30,34)/b31-22-. The number of aromatic nitrogens is 2. The minimum absolute atomic E-state index is 0.0698. The number of fused-ring (bicyclic) bond motifs is 1. The van der Waals surface area contributed by atoms with Gasteiger partial charge in [0, 0.05) is 25.2 Å². The van der Waals surface area contributed by atoms with E-state index in [4.69, 9.17) is 11.7 Å². The summed E-state index contributed by atoms with van der Waals surface area (Å²) in [6, 6.07) is 8.21. The molecule has 4 rings (SSSR count). The van der Waals surface area contributed by atoms with Crippen molar-refractivity contribution < 1.29 is 9.18 Å². The smallest absolute Gasteiger partial charge is 0.259 e. The molecule has 11 heteroatoms. The fourth-order valence-electron chi connectivity index (χ4n) is 4.21. The lowest BCUT2D eigenvalue weighted by Gasteiger charge is -2.30. The van der Waals surface area contributed by atoms with Crippen molar-refractivity contribution in [1.82, 2.24) is 15.0 Å². The molecular formula is C24H31FN8OS. The van der Waals surface area contributed by atoms with Gasteiger partial charge in [-0.05, 0) is 44.9 Å². The van der Waals surface area contributed by atoms with Crippen LogP contribution in [0.2, 0.25) is 0 Å². The first kappa shape index (κ1) is 24.8. The van der Waals surface area contributed by atoms with Crippen molar-refractivity contribution in [3.63, 3.8) is 0 Å². The summed E-state index contributed by atoms with van der Waals surface area (Å²) in [6.45, 7) is 3.76. The van der Waals surface area contributed by atoms with E-state index >= 15 is 0 Å². The van der Waals surface area contributed by atoms with E-state index in [9.17, 15) is 9.18 Å². The van der Waals surface area contributed by atoms with Gasteiger partial charge in [0.05, 0.1) is 15.8 Å². The molecule has 1 aromatic carbocycles. The molecule has 186 valence electrons. The van der Waals surface area contributed by atoms with Crippen LogP contribution in [0.25, 0.3) is 10.2 Å². The third kappa shape index (κ3) is 5.35. The van der Waals surface area contributed by atoms with Crippen molar-refractivity contribution >= 4 is 44.2 Å². The van der Waals surface area contributed by atoms with Gasteiger partial charge in [0.15, 0.2) is 11.0 Å². The first-order chi connectivity index (χ1) is 16.8. The van der Waals surface area contributed by atoms with Crippen molar-refractivity contribution in [1.29, 1.82) is 0 Å². The predicted octanol–water partition coefficient (Wildman–Crippen LogP) is 4.06. The Bertz CT molecular complexity index is 1240. The second-order valence-corrected chi connectivity index (χ2v) is 10.0. The van der Waals surface area contributed by atoms with E-state index in [1.807, 2.05) is 20.9 Å². The van der Waals surface area contributed by atoms with Crippen LogP contribution in [0.4, 0.5) is 15.3 Å². The number of amidine groups is 1. The Morgan fingerprint density at radius 3 is 2.66 bits per heavy atom. The molecule has 0 atom stereocenters. The molecule has 0 saturated heterocycles. The summed E-state index contributed by atoms with van der Waals surface area (Å²) in [5.41, 5.74) is 0.855. The van der Waals surface area contributed by atoms with Gasteiger partial charge in [0.25, 0.3) is 5.91 Å². The molecule has 3 aromatic rings. The van der Waals surface area contributed by atoms with Crippen molar-refractivity contribution in [3.8, 4) is 0 Å². The van der Waals surface area contributed by atoms with E-state index in [0.29, 0.717) is 17.3 Å². The Labute approximate surface area is 208 Å². The summed E-state index contributed by atoms with van der Waals surface area (Å²) >= 11 is 1.46. The van der Waals surface area contributed by atoms with Gasteiger partial charge >= 0.3 is 0 Å². The number of carbonyl (C=O) groups is 1. The maximum atomic E-state index is 14.9. The Morgan fingerprint density at radius 1 is 1.23 bits per heavy atom. The number of nitrogens with two attached hydrogens (primary N) is 2. The second kappa shape index (κ2) is 10.5. The molecule has 1 saturated carbocycles. The van der Waals surface area contributed by atoms with Gasteiger partial charge in [-0.2, -0.15) is 5.10 Å². The highest BCUT2D eigenvalue weighted by Crippen LogP contribution is 2.33. The summed E-state index contributed by atoms with van der Waals surface area (Å²) in [7, 11) is 2.04. The number of nitrogens with zero attached hydrogens (tertiary/aromatic N) is 5. The maximum absolute atomic E-state index is 14.9. The molecule has 1 aliphatic carbocycles. The summed E-state index contributed by atoms with van der Waals surface area (Å²) in [5.74, 6) is 10.8. The quantitative estimate of drug-likeness (QED) is 0.203. The third-order valence-corrected chi connectivity index (χ3v) is 7.39. The number of hydrazine groups is 1. The Hall–Kier alpha value is -3.31. The molecule has 0 bridgehead atoms. The van der Waals surface area contributed by atoms with Crippen LogP contribution >= 0.6 is 11.3 Å². The summed E-state index contributed by atoms with van der Waals surface area (Å²) in [4.78, 5) is 24.1. The minimum atomic E-state index is -0.638. The van der Waals surface area contributed by atoms with Crippen LogP contribution in [-0.4, -0.2) is 45.9 Å². The lowest BCUT2D eigenvalue weighted by Crippen LogP contribution is -2.44. The number of halogens is 1. The summed E-state index contributed by atoms with van der Waals surface area (Å²) < 4.78 is 15.7. The van der Waals surface area contributed by atoms with Gasteiger partial charge < -0.3 is 16.1 Å². The highest BCUT2D eigenvalue weighted by atomic mass is 32.1. The number of rotatable bonds is 6. The number of anilines is 2. The van der Waals surface area contributed by atoms with E-state index < -0.39 is 11.7 Å². The largest absolute Gasteiger partial charge is 0.348 e. The number of hydrogen-bond donors (Lipinski definition) is 3. The fraction of sp³-hybridized carbons (Fsp3) is 0.417. The molecule has 1 fully saturated rings. The van der Waals surface area contributed by atoms with Crippen LogP contribution in [0.5, 0.6) is 0 Å². The van der Waals surface area contributed by atoms with Gasteiger partial charge in [0.1, 0.15) is 17.3 Å². The average molecular weight is 499 g/mol. The average Bonchev–Trinajstić information content (AvgIpc) is 3.27. The number of hydrogen-bond acceptors (Lipinski definition) is 8. The van der Waals surface area contributed by atoms with Crippen LogP contribution < -0.4 is 21.9 Å². The van der Waals surface area contributed by atoms with Crippen molar-refractivity contribution in [2.45, 2.75) is 58.0 Å². The van der Waals surface area contributed by atoms with Gasteiger partial charge in [-0.1, -0.05) is 36.7 Å². The van der Waals surface area contributed by atoms with Gasteiger partial charge in [-0.3, -0.25) is 9.80 Å². The lowest BCUT2D eigenvalue weighted by atomic mass is 9.95. The highest BCUT2D eigenvalue weighted by Gasteiger charge is 2.23. The highest BCUT2D eigenvalue weighted by molar-refractivity contribution is 7.22. The Morgan fingerprint density at radius 2 is 1.97 bits per heavy atom. The molecule has 5 N–H and O–H groups in total. The van der Waals surface area contributed by atoms with Gasteiger partial charge in [-0.25, -0.2) is 20.2 Å². The Kier molecular flexibility index (Phi) is 7.46. The van der Waals surface area contributed by atoms with E-state index in [0.717, 1.165) is 22.7 Å². The van der Waals surface area contributed by atoms with E-state index in [1.54, 1.807) is 24.3 Å². The number of carbonyl (C=O) groups excluding carboxylic acids is 1. The molecule has 1 aliphatic rings. The van der Waals surface area contributed by atoms with Gasteiger partial charge in [-0.15, -0.1) is 0 Å². The van der Waals surface area contributed by atoms with Crippen LogP contribution in [0.1, 0.15) is 62.0 Å². The zero-order valence-corrected chi connectivity index (χ0v) is 21.0. The number of nitrogens with one attached hydrogen (secondary N) is 1. The molecule has 0 aliphatic heterocycles. The first-order valence-electron chi connectivity index (χ1n) is 11.7. The normalized spacial score (nSPS) is 15.0. The summed E-state index contributed by atoms with van der Waals surface area (Å²) in [5, 5.41) is 8.61. The first-order valence-corrected chi connectivity index (χ1v) is 12.5.